The molecule has 4 aromatic rings. The van der Waals surface area contributed by atoms with E-state index in [-0.39, 0.29) is 5.91 Å². The van der Waals surface area contributed by atoms with Gasteiger partial charge in [-0.2, -0.15) is 5.10 Å². The van der Waals surface area contributed by atoms with E-state index >= 15 is 0 Å². The fraction of sp³-hybridized carbons (Fsp3) is 0.0909. The van der Waals surface area contributed by atoms with Crippen LogP contribution in [0.2, 0.25) is 0 Å². The molecule has 2 N–H and O–H groups in total. The van der Waals surface area contributed by atoms with E-state index in [2.05, 4.69) is 10.2 Å². The molecule has 132 valence electrons. The van der Waals surface area contributed by atoms with E-state index in [1.54, 1.807) is 12.3 Å². The minimum absolute atomic E-state index is 0.179. The van der Waals surface area contributed by atoms with Crippen molar-refractivity contribution < 1.29 is 9.90 Å². The Labute approximate surface area is 155 Å². The number of amides is 1. The number of hydrogen-bond donors (Lipinski definition) is 2. The highest BCUT2D eigenvalue weighted by molar-refractivity contribution is 6.00. The number of benzene rings is 3. The summed E-state index contributed by atoms with van der Waals surface area (Å²) in [6, 6.07) is 22.6. The van der Waals surface area contributed by atoms with Crippen molar-refractivity contribution in [3.05, 3.63) is 101 Å². The highest BCUT2D eigenvalue weighted by atomic mass is 16.3. The predicted octanol–water partition coefficient (Wildman–Crippen LogP) is 3.41. The molecular weight excluding hydrogens is 338 g/mol. The Morgan fingerprint density at radius 3 is 2.63 bits per heavy atom. The molecule has 0 radical (unpaired) electrons. The van der Waals surface area contributed by atoms with Gasteiger partial charge in [-0.15, -0.1) is 0 Å². The summed E-state index contributed by atoms with van der Waals surface area (Å²) in [5, 5.41) is 19.8. The predicted molar refractivity (Wildman–Crippen MR) is 102 cm³/mol. The molecule has 1 unspecified atom stereocenters. The maximum absolute atomic E-state index is 13.1. The largest absolute Gasteiger partial charge is 0.363 e. The molecule has 1 atom stereocenters. The van der Waals surface area contributed by atoms with Gasteiger partial charge in [-0.25, -0.2) is 0 Å². The zero-order valence-electron chi connectivity index (χ0n) is 14.5. The van der Waals surface area contributed by atoms with Crippen molar-refractivity contribution in [3.8, 4) is 0 Å². The van der Waals surface area contributed by atoms with Crippen LogP contribution in [0, 0.1) is 0 Å². The molecule has 3 aromatic carbocycles. The lowest BCUT2D eigenvalue weighted by Crippen LogP contribution is -2.44. The van der Waals surface area contributed by atoms with E-state index in [0.29, 0.717) is 23.2 Å². The Morgan fingerprint density at radius 2 is 1.78 bits per heavy atom. The molecule has 1 aromatic heterocycles. The van der Waals surface area contributed by atoms with Gasteiger partial charge in [-0.1, -0.05) is 60.7 Å². The first-order valence-corrected chi connectivity index (χ1v) is 8.79. The summed E-state index contributed by atoms with van der Waals surface area (Å²) in [5.41, 5.74) is 2.00. The number of carbonyl (C=O) groups is 1. The van der Waals surface area contributed by atoms with Gasteiger partial charge in [-0.3, -0.25) is 14.8 Å². The molecule has 1 aliphatic heterocycles. The number of aromatic amines is 1. The first-order chi connectivity index (χ1) is 13.2. The van der Waals surface area contributed by atoms with Crippen molar-refractivity contribution in [2.45, 2.75) is 12.3 Å². The average molecular weight is 355 g/mol. The van der Waals surface area contributed by atoms with Crippen LogP contribution >= 0.6 is 0 Å². The van der Waals surface area contributed by atoms with Crippen molar-refractivity contribution in [2.75, 3.05) is 0 Å². The van der Waals surface area contributed by atoms with Crippen molar-refractivity contribution in [3.63, 3.8) is 0 Å². The van der Waals surface area contributed by atoms with E-state index in [9.17, 15) is 9.90 Å². The smallest absolute Gasteiger partial charge is 0.257 e. The van der Waals surface area contributed by atoms with Gasteiger partial charge >= 0.3 is 0 Å². The number of fused-ring (bicyclic) bond motifs is 2. The molecule has 0 saturated heterocycles. The fourth-order valence-electron chi connectivity index (χ4n) is 3.83. The van der Waals surface area contributed by atoms with Crippen LogP contribution in [0.5, 0.6) is 0 Å². The normalized spacial score (nSPS) is 18.9. The summed E-state index contributed by atoms with van der Waals surface area (Å²) in [6.45, 7) is 0.311. The zero-order valence-corrected chi connectivity index (χ0v) is 14.5. The van der Waals surface area contributed by atoms with Crippen LogP contribution in [-0.2, 0) is 12.3 Å². The standard InChI is InChI=1S/C22H17N3O2/c26-21-18-8-4-5-9-19(18)22(27,25(21)14-15-6-2-1-3-7-15)17-11-10-16-13-23-24-20(16)12-17/h1-13,27H,14H2,(H,23,24). The minimum atomic E-state index is -1.54. The molecule has 0 aliphatic carbocycles. The summed E-state index contributed by atoms with van der Waals surface area (Å²) in [5.74, 6) is -0.179. The fourth-order valence-corrected chi connectivity index (χ4v) is 3.83. The monoisotopic (exact) mass is 355 g/mol. The molecule has 0 bridgehead atoms. The Hall–Kier alpha value is -3.44. The molecule has 5 rings (SSSR count). The van der Waals surface area contributed by atoms with Crippen molar-refractivity contribution >= 4 is 16.8 Å². The quantitative estimate of drug-likeness (QED) is 0.592. The lowest BCUT2D eigenvalue weighted by atomic mass is 9.93. The highest BCUT2D eigenvalue weighted by Gasteiger charge is 2.49. The molecule has 0 spiro atoms. The second-order valence-electron chi connectivity index (χ2n) is 6.77. The van der Waals surface area contributed by atoms with Gasteiger partial charge in [0.2, 0.25) is 0 Å². The van der Waals surface area contributed by atoms with Gasteiger partial charge in [0.05, 0.1) is 11.7 Å². The SMILES string of the molecule is O=C1c2ccccc2C(O)(c2ccc3cn[nH]c3c2)N1Cc1ccccc1. The Kier molecular flexibility index (Phi) is 3.39. The summed E-state index contributed by atoms with van der Waals surface area (Å²) >= 11 is 0. The van der Waals surface area contributed by atoms with Crippen LogP contribution in [0.15, 0.2) is 79.0 Å². The summed E-state index contributed by atoms with van der Waals surface area (Å²) in [6.07, 6.45) is 1.73. The number of aliphatic hydroxyl groups is 1. The average Bonchev–Trinajstić information content (AvgIpc) is 3.27. The van der Waals surface area contributed by atoms with E-state index in [4.69, 9.17) is 0 Å². The Bertz CT molecular complexity index is 1150. The van der Waals surface area contributed by atoms with E-state index in [1.165, 1.54) is 4.90 Å². The van der Waals surface area contributed by atoms with Gasteiger partial charge < -0.3 is 5.11 Å². The third kappa shape index (κ3) is 2.29. The molecule has 5 heteroatoms. The van der Waals surface area contributed by atoms with Crippen LogP contribution in [0.1, 0.15) is 27.0 Å². The van der Waals surface area contributed by atoms with Gasteiger partial charge in [-0.05, 0) is 17.7 Å². The van der Waals surface area contributed by atoms with Crippen LogP contribution < -0.4 is 0 Å². The number of hydrogen-bond acceptors (Lipinski definition) is 3. The van der Waals surface area contributed by atoms with Gasteiger partial charge in [0.1, 0.15) is 0 Å². The third-order valence-electron chi connectivity index (χ3n) is 5.20. The van der Waals surface area contributed by atoms with E-state index < -0.39 is 5.72 Å². The minimum Gasteiger partial charge on any atom is -0.363 e. The van der Waals surface area contributed by atoms with Crippen molar-refractivity contribution in [2.24, 2.45) is 0 Å². The summed E-state index contributed by atoms with van der Waals surface area (Å²) in [4.78, 5) is 14.7. The third-order valence-corrected chi connectivity index (χ3v) is 5.20. The van der Waals surface area contributed by atoms with Gasteiger partial charge in [0.25, 0.3) is 5.91 Å². The molecule has 0 saturated carbocycles. The molecule has 2 heterocycles. The number of rotatable bonds is 3. The van der Waals surface area contributed by atoms with E-state index in [1.807, 2.05) is 66.7 Å². The Balaban J connectivity index is 1.70. The van der Waals surface area contributed by atoms with Crippen LogP contribution in [0.3, 0.4) is 0 Å². The van der Waals surface area contributed by atoms with Crippen LogP contribution in [0.25, 0.3) is 10.9 Å². The molecule has 27 heavy (non-hydrogen) atoms. The second-order valence-corrected chi connectivity index (χ2v) is 6.77. The number of aromatic nitrogens is 2. The maximum atomic E-state index is 13.1. The topological polar surface area (TPSA) is 69.2 Å². The molecule has 1 aliphatic rings. The van der Waals surface area contributed by atoms with E-state index in [0.717, 1.165) is 16.5 Å². The first kappa shape index (κ1) is 15.8. The van der Waals surface area contributed by atoms with Gasteiger partial charge in [0.15, 0.2) is 5.72 Å². The van der Waals surface area contributed by atoms with Crippen molar-refractivity contribution in [1.29, 1.82) is 0 Å². The summed E-state index contributed by atoms with van der Waals surface area (Å²) in [7, 11) is 0. The molecular formula is C22H17N3O2. The van der Waals surface area contributed by atoms with Crippen LogP contribution in [0.4, 0.5) is 0 Å². The highest BCUT2D eigenvalue weighted by Crippen LogP contribution is 2.43. The number of H-pyrrole nitrogens is 1. The Morgan fingerprint density at radius 1 is 1.00 bits per heavy atom. The number of nitrogens with zero attached hydrogens (tertiary/aromatic N) is 2. The first-order valence-electron chi connectivity index (χ1n) is 8.79. The lowest BCUT2D eigenvalue weighted by molar-refractivity contribution is -0.0542. The van der Waals surface area contributed by atoms with Gasteiger partial charge in [0, 0.05) is 28.6 Å². The molecule has 0 fully saturated rings. The number of carbonyl (C=O) groups excluding carboxylic acids is 1. The maximum Gasteiger partial charge on any atom is 0.257 e. The second kappa shape index (κ2) is 5.79. The van der Waals surface area contributed by atoms with Crippen LogP contribution in [-0.4, -0.2) is 26.1 Å². The zero-order chi connectivity index (χ0) is 18.4. The lowest BCUT2D eigenvalue weighted by Gasteiger charge is -2.35. The molecule has 5 nitrogen and oxygen atoms in total. The summed E-state index contributed by atoms with van der Waals surface area (Å²) < 4.78 is 0. The molecule has 1 amide bonds. The number of nitrogens with one attached hydrogen (secondary N) is 1. The van der Waals surface area contributed by atoms with Crippen molar-refractivity contribution in [1.82, 2.24) is 15.1 Å².